The van der Waals surface area contributed by atoms with Crippen molar-refractivity contribution in [1.29, 1.82) is 0 Å². The largest absolute Gasteiger partial charge is 0.369 e. The summed E-state index contributed by atoms with van der Waals surface area (Å²) in [6, 6.07) is 11.6. The molecule has 1 aromatic carbocycles. The highest BCUT2D eigenvalue weighted by molar-refractivity contribution is 5.77. The van der Waals surface area contributed by atoms with Crippen molar-refractivity contribution in [1.82, 2.24) is 5.32 Å². The molecule has 1 aromatic rings. The number of amides is 1. The monoisotopic (exact) mass is 258 g/mol. The van der Waals surface area contributed by atoms with Crippen LogP contribution in [-0.4, -0.2) is 18.0 Å². The molecule has 102 valence electrons. The van der Waals surface area contributed by atoms with Crippen molar-refractivity contribution in [2.75, 3.05) is 0 Å². The lowest BCUT2D eigenvalue weighted by molar-refractivity contribution is -0.122. The second kappa shape index (κ2) is 5.33. The molecule has 19 heavy (non-hydrogen) atoms. The van der Waals surface area contributed by atoms with E-state index in [1.54, 1.807) is 0 Å². The van der Waals surface area contributed by atoms with Crippen molar-refractivity contribution >= 4 is 5.91 Å². The summed E-state index contributed by atoms with van der Waals surface area (Å²) in [5.41, 5.74) is 6.91. The van der Waals surface area contributed by atoms with E-state index in [1.807, 2.05) is 0 Å². The number of hydrogen-bond donors (Lipinski definition) is 2. The fourth-order valence-electron chi connectivity index (χ4n) is 3.55. The Morgan fingerprint density at radius 2 is 1.89 bits per heavy atom. The SMILES string of the molecule is NC(=O)[C@H]1CCC[C@@H]1NC1CC(c2ccccc2)C1. The summed E-state index contributed by atoms with van der Waals surface area (Å²) < 4.78 is 0. The van der Waals surface area contributed by atoms with Crippen molar-refractivity contribution in [3.63, 3.8) is 0 Å². The molecule has 2 saturated carbocycles. The van der Waals surface area contributed by atoms with Crippen LogP contribution in [0.3, 0.4) is 0 Å². The third kappa shape index (κ3) is 2.66. The van der Waals surface area contributed by atoms with E-state index in [9.17, 15) is 4.79 Å². The van der Waals surface area contributed by atoms with Gasteiger partial charge in [-0.05, 0) is 37.2 Å². The standard InChI is InChI=1S/C16H22N2O/c17-16(19)14-7-4-8-15(14)18-13-9-12(10-13)11-5-2-1-3-6-11/h1-3,5-6,12-15,18H,4,7-10H2,(H2,17,19)/t12?,13?,14-,15-/m0/s1. The molecule has 0 radical (unpaired) electrons. The normalized spacial score (nSPS) is 33.9. The third-order valence-electron chi connectivity index (χ3n) is 4.74. The van der Waals surface area contributed by atoms with E-state index in [-0.39, 0.29) is 11.8 Å². The van der Waals surface area contributed by atoms with E-state index in [0.717, 1.165) is 19.3 Å². The highest BCUT2D eigenvalue weighted by Crippen LogP contribution is 2.38. The summed E-state index contributed by atoms with van der Waals surface area (Å²) in [5.74, 6) is 0.608. The first kappa shape index (κ1) is 12.7. The van der Waals surface area contributed by atoms with Crippen LogP contribution in [0.2, 0.25) is 0 Å². The molecule has 0 spiro atoms. The van der Waals surface area contributed by atoms with Gasteiger partial charge in [-0.3, -0.25) is 4.79 Å². The highest BCUT2D eigenvalue weighted by atomic mass is 16.1. The van der Waals surface area contributed by atoms with Gasteiger partial charge in [-0.2, -0.15) is 0 Å². The first-order valence-corrected chi connectivity index (χ1v) is 7.34. The van der Waals surface area contributed by atoms with Gasteiger partial charge in [-0.15, -0.1) is 0 Å². The Morgan fingerprint density at radius 1 is 1.16 bits per heavy atom. The second-order valence-electron chi connectivity index (χ2n) is 5.99. The lowest BCUT2D eigenvalue weighted by Crippen LogP contribution is -2.49. The average molecular weight is 258 g/mol. The van der Waals surface area contributed by atoms with Gasteiger partial charge in [0.2, 0.25) is 5.91 Å². The van der Waals surface area contributed by atoms with Gasteiger partial charge < -0.3 is 11.1 Å². The van der Waals surface area contributed by atoms with Crippen LogP contribution in [0.25, 0.3) is 0 Å². The minimum absolute atomic E-state index is 0.0516. The quantitative estimate of drug-likeness (QED) is 0.869. The molecule has 3 rings (SSSR count). The molecule has 1 amide bonds. The number of rotatable bonds is 4. The number of carbonyl (C=O) groups is 1. The summed E-state index contributed by atoms with van der Waals surface area (Å²) in [5, 5.41) is 3.65. The molecule has 0 aromatic heterocycles. The highest BCUT2D eigenvalue weighted by Gasteiger charge is 2.37. The number of carbonyl (C=O) groups excluding carboxylic acids is 1. The Hall–Kier alpha value is -1.35. The Kier molecular flexibility index (Phi) is 3.56. The predicted molar refractivity (Wildman–Crippen MR) is 75.7 cm³/mol. The zero-order valence-electron chi connectivity index (χ0n) is 11.2. The van der Waals surface area contributed by atoms with Crippen LogP contribution in [0.5, 0.6) is 0 Å². The van der Waals surface area contributed by atoms with E-state index in [0.29, 0.717) is 18.0 Å². The molecule has 3 heteroatoms. The molecule has 3 N–H and O–H groups in total. The van der Waals surface area contributed by atoms with Gasteiger partial charge in [0.1, 0.15) is 0 Å². The van der Waals surface area contributed by atoms with Gasteiger partial charge in [0, 0.05) is 12.1 Å². The fourth-order valence-corrected chi connectivity index (χ4v) is 3.55. The molecule has 2 aliphatic carbocycles. The summed E-state index contributed by atoms with van der Waals surface area (Å²) in [6.45, 7) is 0. The minimum Gasteiger partial charge on any atom is -0.369 e. The molecule has 2 atom stereocenters. The Labute approximate surface area is 114 Å². The number of benzene rings is 1. The lowest BCUT2D eigenvalue weighted by atomic mass is 9.75. The molecule has 0 unspecified atom stereocenters. The first-order valence-electron chi connectivity index (χ1n) is 7.34. The molecule has 0 aliphatic heterocycles. The van der Waals surface area contributed by atoms with Crippen molar-refractivity contribution in [2.45, 2.75) is 50.1 Å². The zero-order valence-corrected chi connectivity index (χ0v) is 11.2. The molecule has 0 heterocycles. The third-order valence-corrected chi connectivity index (χ3v) is 4.74. The van der Waals surface area contributed by atoms with Crippen molar-refractivity contribution < 1.29 is 4.79 Å². The summed E-state index contributed by atoms with van der Waals surface area (Å²) >= 11 is 0. The van der Waals surface area contributed by atoms with Gasteiger partial charge in [0.05, 0.1) is 5.92 Å². The van der Waals surface area contributed by atoms with Gasteiger partial charge in [0.25, 0.3) is 0 Å². The van der Waals surface area contributed by atoms with E-state index in [1.165, 1.54) is 18.4 Å². The molecular formula is C16H22N2O. The number of primary amides is 1. The number of nitrogens with one attached hydrogen (secondary N) is 1. The predicted octanol–water partition coefficient (Wildman–Crippen LogP) is 2.18. The Morgan fingerprint density at radius 3 is 2.58 bits per heavy atom. The maximum Gasteiger partial charge on any atom is 0.222 e. The second-order valence-corrected chi connectivity index (χ2v) is 5.99. The van der Waals surface area contributed by atoms with E-state index < -0.39 is 0 Å². The molecule has 2 fully saturated rings. The van der Waals surface area contributed by atoms with E-state index >= 15 is 0 Å². The smallest absolute Gasteiger partial charge is 0.222 e. The zero-order chi connectivity index (χ0) is 13.2. The molecular weight excluding hydrogens is 236 g/mol. The van der Waals surface area contributed by atoms with Crippen molar-refractivity contribution in [3.8, 4) is 0 Å². The van der Waals surface area contributed by atoms with Gasteiger partial charge >= 0.3 is 0 Å². The topological polar surface area (TPSA) is 55.1 Å². The maximum atomic E-state index is 11.4. The summed E-state index contributed by atoms with van der Waals surface area (Å²) in [7, 11) is 0. The average Bonchev–Trinajstić information content (AvgIpc) is 2.82. The summed E-state index contributed by atoms with van der Waals surface area (Å²) in [4.78, 5) is 11.4. The van der Waals surface area contributed by atoms with Crippen LogP contribution in [0.1, 0.15) is 43.6 Å². The molecule has 0 saturated heterocycles. The Bertz CT molecular complexity index is 439. The van der Waals surface area contributed by atoms with Crippen molar-refractivity contribution in [2.24, 2.45) is 11.7 Å². The van der Waals surface area contributed by atoms with E-state index in [2.05, 4.69) is 35.6 Å². The van der Waals surface area contributed by atoms with Crippen LogP contribution in [0.15, 0.2) is 30.3 Å². The lowest BCUT2D eigenvalue weighted by Gasteiger charge is -2.39. The fraction of sp³-hybridized carbons (Fsp3) is 0.562. The van der Waals surface area contributed by atoms with Gasteiger partial charge in [-0.1, -0.05) is 36.8 Å². The van der Waals surface area contributed by atoms with Gasteiger partial charge in [-0.25, -0.2) is 0 Å². The summed E-state index contributed by atoms with van der Waals surface area (Å²) in [6.07, 6.45) is 5.56. The maximum absolute atomic E-state index is 11.4. The molecule has 3 nitrogen and oxygen atoms in total. The van der Waals surface area contributed by atoms with Crippen LogP contribution in [0.4, 0.5) is 0 Å². The van der Waals surface area contributed by atoms with Crippen molar-refractivity contribution in [3.05, 3.63) is 35.9 Å². The Balaban J connectivity index is 1.50. The van der Waals surface area contributed by atoms with Crippen LogP contribution in [-0.2, 0) is 4.79 Å². The number of hydrogen-bond acceptors (Lipinski definition) is 2. The molecule has 2 aliphatic rings. The number of nitrogens with two attached hydrogens (primary N) is 1. The minimum atomic E-state index is -0.131. The van der Waals surface area contributed by atoms with Gasteiger partial charge in [0.15, 0.2) is 0 Å². The van der Waals surface area contributed by atoms with Crippen LogP contribution >= 0.6 is 0 Å². The van der Waals surface area contributed by atoms with Crippen LogP contribution < -0.4 is 11.1 Å². The molecule has 0 bridgehead atoms. The van der Waals surface area contributed by atoms with E-state index in [4.69, 9.17) is 5.73 Å². The first-order chi connectivity index (χ1) is 9.24. The van der Waals surface area contributed by atoms with Crippen LogP contribution in [0, 0.1) is 5.92 Å².